The van der Waals surface area contributed by atoms with Crippen LogP contribution in [0.3, 0.4) is 0 Å². The third kappa shape index (κ3) is 5.38. The molecule has 118 valence electrons. The van der Waals surface area contributed by atoms with Crippen LogP contribution in [0.1, 0.15) is 39.0 Å². The van der Waals surface area contributed by atoms with Crippen molar-refractivity contribution < 1.29 is 0 Å². The molecule has 1 aromatic rings. The summed E-state index contributed by atoms with van der Waals surface area (Å²) in [4.78, 5) is 9.55. The molecule has 0 radical (unpaired) electrons. The van der Waals surface area contributed by atoms with Gasteiger partial charge in [-0.2, -0.15) is 0 Å². The standard InChI is InChI=1S/C17H30N4/c1-14-12-20(5)8-9-21(14)13-16-7-6-15(10-18-16)11-19-17(2,3)4/h6-7,10,14,19H,8-9,11-13H2,1-5H3. The molecule has 0 aromatic carbocycles. The zero-order valence-electron chi connectivity index (χ0n) is 14.2. The van der Waals surface area contributed by atoms with Crippen molar-refractivity contribution in [2.24, 2.45) is 0 Å². The smallest absolute Gasteiger partial charge is 0.0544 e. The van der Waals surface area contributed by atoms with Gasteiger partial charge in [0.25, 0.3) is 0 Å². The molecule has 1 atom stereocenters. The quantitative estimate of drug-likeness (QED) is 0.920. The summed E-state index contributed by atoms with van der Waals surface area (Å²) in [5.74, 6) is 0. The first-order valence-electron chi connectivity index (χ1n) is 7.95. The number of nitrogens with zero attached hydrogens (tertiary/aromatic N) is 3. The molecule has 1 unspecified atom stereocenters. The van der Waals surface area contributed by atoms with Gasteiger partial charge in [-0.3, -0.25) is 9.88 Å². The van der Waals surface area contributed by atoms with Crippen LogP contribution in [0.5, 0.6) is 0 Å². The lowest BCUT2D eigenvalue weighted by atomic mass is 10.1. The summed E-state index contributed by atoms with van der Waals surface area (Å²) in [6, 6.07) is 4.97. The van der Waals surface area contributed by atoms with Gasteiger partial charge in [0.1, 0.15) is 0 Å². The molecular weight excluding hydrogens is 260 g/mol. The summed E-state index contributed by atoms with van der Waals surface area (Å²) in [7, 11) is 2.20. The van der Waals surface area contributed by atoms with Gasteiger partial charge in [0.05, 0.1) is 5.69 Å². The van der Waals surface area contributed by atoms with Crippen molar-refractivity contribution in [2.45, 2.75) is 52.4 Å². The summed E-state index contributed by atoms with van der Waals surface area (Å²) in [6.45, 7) is 14.1. The first-order valence-corrected chi connectivity index (χ1v) is 7.95. The number of pyridine rings is 1. The van der Waals surface area contributed by atoms with Gasteiger partial charge in [-0.05, 0) is 46.4 Å². The third-order valence-electron chi connectivity index (χ3n) is 4.04. The molecule has 0 aliphatic carbocycles. The lowest BCUT2D eigenvalue weighted by Crippen LogP contribution is -2.49. The Labute approximate surface area is 129 Å². The second-order valence-electron chi connectivity index (χ2n) is 7.34. The molecule has 2 rings (SSSR count). The van der Waals surface area contributed by atoms with Crippen LogP contribution >= 0.6 is 0 Å². The van der Waals surface area contributed by atoms with E-state index in [1.807, 2.05) is 6.20 Å². The largest absolute Gasteiger partial charge is 0.308 e. The molecule has 0 saturated carbocycles. The third-order valence-corrected chi connectivity index (χ3v) is 4.04. The molecule has 1 aliphatic rings. The summed E-state index contributed by atoms with van der Waals surface area (Å²) in [5.41, 5.74) is 2.57. The van der Waals surface area contributed by atoms with Crippen molar-refractivity contribution in [3.05, 3.63) is 29.6 Å². The van der Waals surface area contributed by atoms with Gasteiger partial charge in [0, 0.05) is 50.5 Å². The molecule has 4 heteroatoms. The number of piperazine rings is 1. The van der Waals surface area contributed by atoms with Crippen molar-refractivity contribution in [3.8, 4) is 0 Å². The monoisotopic (exact) mass is 290 g/mol. The van der Waals surface area contributed by atoms with E-state index < -0.39 is 0 Å². The average Bonchev–Trinajstić information content (AvgIpc) is 2.40. The van der Waals surface area contributed by atoms with Crippen LogP contribution in [0.2, 0.25) is 0 Å². The van der Waals surface area contributed by atoms with Gasteiger partial charge < -0.3 is 10.2 Å². The summed E-state index contributed by atoms with van der Waals surface area (Å²) in [5, 5.41) is 3.49. The highest BCUT2D eigenvalue weighted by molar-refractivity contribution is 5.14. The zero-order chi connectivity index (χ0) is 15.5. The Hall–Kier alpha value is -0.970. The molecule has 1 fully saturated rings. The summed E-state index contributed by atoms with van der Waals surface area (Å²) in [6.07, 6.45) is 2.01. The minimum atomic E-state index is 0.147. The van der Waals surface area contributed by atoms with Crippen molar-refractivity contribution in [1.82, 2.24) is 20.1 Å². The van der Waals surface area contributed by atoms with E-state index in [1.165, 1.54) is 11.3 Å². The maximum atomic E-state index is 4.63. The minimum Gasteiger partial charge on any atom is -0.308 e. The van der Waals surface area contributed by atoms with Crippen LogP contribution in [0.4, 0.5) is 0 Å². The lowest BCUT2D eigenvalue weighted by Gasteiger charge is -2.38. The Morgan fingerprint density at radius 2 is 2.05 bits per heavy atom. The summed E-state index contributed by atoms with van der Waals surface area (Å²) >= 11 is 0. The Balaban J connectivity index is 1.87. The van der Waals surface area contributed by atoms with Crippen LogP contribution < -0.4 is 5.32 Å². The Bertz CT molecular complexity index is 435. The fourth-order valence-corrected chi connectivity index (χ4v) is 2.64. The van der Waals surface area contributed by atoms with Crippen molar-refractivity contribution in [1.29, 1.82) is 0 Å². The van der Waals surface area contributed by atoms with E-state index in [0.717, 1.165) is 32.7 Å². The molecule has 0 amide bonds. The fraction of sp³-hybridized carbons (Fsp3) is 0.706. The van der Waals surface area contributed by atoms with Crippen LogP contribution in [0.25, 0.3) is 0 Å². The molecule has 0 spiro atoms. The van der Waals surface area contributed by atoms with E-state index in [1.54, 1.807) is 0 Å². The molecule has 4 nitrogen and oxygen atoms in total. The lowest BCUT2D eigenvalue weighted by molar-refractivity contribution is 0.0927. The van der Waals surface area contributed by atoms with E-state index in [9.17, 15) is 0 Å². The van der Waals surface area contributed by atoms with Gasteiger partial charge in [0.15, 0.2) is 0 Å². The number of hydrogen-bond acceptors (Lipinski definition) is 4. The van der Waals surface area contributed by atoms with Gasteiger partial charge in [-0.1, -0.05) is 6.07 Å². The first-order chi connectivity index (χ1) is 9.83. The number of likely N-dealkylation sites (N-methyl/N-ethyl adjacent to an activating group) is 1. The molecule has 1 aromatic heterocycles. The Kier molecular flexibility index (Phi) is 5.36. The molecule has 0 bridgehead atoms. The van der Waals surface area contributed by atoms with Crippen LogP contribution in [-0.4, -0.2) is 53.0 Å². The predicted octanol–water partition coefficient (Wildman–Crippen LogP) is 2.11. The first kappa shape index (κ1) is 16.4. The number of aromatic nitrogens is 1. The number of rotatable bonds is 4. The highest BCUT2D eigenvalue weighted by Gasteiger charge is 2.21. The van der Waals surface area contributed by atoms with Crippen LogP contribution in [-0.2, 0) is 13.1 Å². The maximum Gasteiger partial charge on any atom is 0.0544 e. The molecule has 1 N–H and O–H groups in total. The number of nitrogens with one attached hydrogen (secondary N) is 1. The zero-order valence-corrected chi connectivity index (χ0v) is 14.2. The number of hydrogen-bond donors (Lipinski definition) is 1. The molecular formula is C17H30N4. The van der Waals surface area contributed by atoms with Crippen LogP contribution in [0.15, 0.2) is 18.3 Å². The van der Waals surface area contributed by atoms with Gasteiger partial charge in [0.2, 0.25) is 0 Å². The van der Waals surface area contributed by atoms with E-state index in [4.69, 9.17) is 0 Å². The topological polar surface area (TPSA) is 31.4 Å². The highest BCUT2D eigenvalue weighted by Crippen LogP contribution is 2.12. The van der Waals surface area contributed by atoms with E-state index in [2.05, 4.69) is 67.0 Å². The van der Waals surface area contributed by atoms with Gasteiger partial charge in [-0.15, -0.1) is 0 Å². The van der Waals surface area contributed by atoms with Gasteiger partial charge in [-0.25, -0.2) is 0 Å². The SMILES string of the molecule is CC1CN(C)CCN1Cc1ccc(CNC(C)(C)C)cn1. The van der Waals surface area contributed by atoms with E-state index in [0.29, 0.717) is 6.04 Å². The molecule has 21 heavy (non-hydrogen) atoms. The maximum absolute atomic E-state index is 4.63. The summed E-state index contributed by atoms with van der Waals surface area (Å²) < 4.78 is 0. The normalized spacial score (nSPS) is 21.7. The average molecular weight is 290 g/mol. The van der Waals surface area contributed by atoms with E-state index >= 15 is 0 Å². The van der Waals surface area contributed by atoms with E-state index in [-0.39, 0.29) is 5.54 Å². The Morgan fingerprint density at radius 3 is 2.62 bits per heavy atom. The predicted molar refractivity (Wildman–Crippen MR) is 88.2 cm³/mol. The van der Waals surface area contributed by atoms with Crippen molar-refractivity contribution >= 4 is 0 Å². The minimum absolute atomic E-state index is 0.147. The second-order valence-corrected chi connectivity index (χ2v) is 7.34. The second kappa shape index (κ2) is 6.86. The molecule has 1 saturated heterocycles. The van der Waals surface area contributed by atoms with Crippen molar-refractivity contribution in [2.75, 3.05) is 26.7 Å². The Morgan fingerprint density at radius 1 is 1.29 bits per heavy atom. The molecule has 1 aliphatic heterocycles. The van der Waals surface area contributed by atoms with Crippen molar-refractivity contribution in [3.63, 3.8) is 0 Å². The van der Waals surface area contributed by atoms with Gasteiger partial charge >= 0.3 is 0 Å². The fourth-order valence-electron chi connectivity index (χ4n) is 2.64. The molecule has 2 heterocycles. The van der Waals surface area contributed by atoms with Crippen LogP contribution in [0, 0.1) is 0 Å². The highest BCUT2D eigenvalue weighted by atomic mass is 15.3.